The molecule has 0 saturated heterocycles. The number of hydrogen-bond donors (Lipinski definition) is 1. The highest BCUT2D eigenvalue weighted by molar-refractivity contribution is 7.15. The fourth-order valence-electron chi connectivity index (χ4n) is 3.56. The molecule has 0 aliphatic carbocycles. The van der Waals surface area contributed by atoms with Crippen molar-refractivity contribution < 1.29 is 9.18 Å². The molecule has 0 aliphatic rings. The molecule has 0 fully saturated rings. The van der Waals surface area contributed by atoms with Crippen molar-refractivity contribution in [2.45, 2.75) is 32.7 Å². The van der Waals surface area contributed by atoms with Crippen LogP contribution in [0.4, 0.5) is 9.18 Å². The van der Waals surface area contributed by atoms with Crippen LogP contribution in [0, 0.1) is 5.82 Å². The van der Waals surface area contributed by atoms with Gasteiger partial charge in [-0.05, 0) is 36.2 Å². The van der Waals surface area contributed by atoms with Gasteiger partial charge in [-0.2, -0.15) is 0 Å². The number of halogens is 1. The summed E-state index contributed by atoms with van der Waals surface area (Å²) in [7, 11) is 0. The monoisotopic (exact) mass is 450 g/mol. The summed E-state index contributed by atoms with van der Waals surface area (Å²) < 4.78 is 15.3. The number of nitrogens with zero attached hydrogens (tertiary/aromatic N) is 3. The molecule has 0 atom stereocenters. The smallest absolute Gasteiger partial charge is 0.317 e. The fraction of sp³-hybridized carbons (Fsp3) is 0.280. The van der Waals surface area contributed by atoms with Gasteiger partial charge in [-0.1, -0.05) is 43.7 Å². The van der Waals surface area contributed by atoms with Crippen molar-refractivity contribution >= 4 is 22.3 Å². The number of carbonyl (C=O) groups excluding carboxylic acids is 1. The van der Waals surface area contributed by atoms with Gasteiger partial charge < -0.3 is 10.2 Å². The van der Waals surface area contributed by atoms with Gasteiger partial charge in [-0.15, -0.1) is 11.3 Å². The van der Waals surface area contributed by atoms with Crippen LogP contribution in [-0.2, 0) is 13.0 Å². The summed E-state index contributed by atoms with van der Waals surface area (Å²) in [5, 5.41) is 5.13. The maximum Gasteiger partial charge on any atom is 0.317 e. The molecule has 166 valence electrons. The van der Waals surface area contributed by atoms with E-state index < -0.39 is 0 Å². The molecule has 0 radical (unpaired) electrons. The number of imidazole rings is 1. The Morgan fingerprint density at radius 1 is 1.16 bits per heavy atom. The molecule has 32 heavy (non-hydrogen) atoms. The molecule has 2 aromatic heterocycles. The Morgan fingerprint density at radius 2 is 1.94 bits per heavy atom. The average molecular weight is 451 g/mol. The van der Waals surface area contributed by atoms with Crippen LogP contribution in [0.15, 0.2) is 66.2 Å². The highest BCUT2D eigenvalue weighted by Crippen LogP contribution is 2.24. The highest BCUT2D eigenvalue weighted by atomic mass is 32.1. The zero-order valence-electron chi connectivity index (χ0n) is 18.1. The number of benzene rings is 2. The molecule has 5 nitrogen and oxygen atoms in total. The van der Waals surface area contributed by atoms with Crippen molar-refractivity contribution in [2.75, 3.05) is 13.1 Å². The summed E-state index contributed by atoms with van der Waals surface area (Å²) in [6, 6.07) is 16.4. The molecule has 0 unspecified atom stereocenters. The summed E-state index contributed by atoms with van der Waals surface area (Å²) in [5.41, 5.74) is 3.91. The molecule has 4 rings (SSSR count). The minimum absolute atomic E-state index is 0.0357. The maximum absolute atomic E-state index is 13.2. The van der Waals surface area contributed by atoms with Crippen LogP contribution in [-0.4, -0.2) is 33.4 Å². The number of aromatic nitrogens is 2. The zero-order valence-corrected chi connectivity index (χ0v) is 18.9. The Balaban J connectivity index is 1.49. The predicted octanol–water partition coefficient (Wildman–Crippen LogP) is 5.76. The lowest BCUT2D eigenvalue weighted by Gasteiger charge is -2.23. The summed E-state index contributed by atoms with van der Waals surface area (Å²) >= 11 is 1.57. The number of amides is 2. The van der Waals surface area contributed by atoms with E-state index in [2.05, 4.69) is 27.0 Å². The third kappa shape index (κ3) is 5.34. The first-order chi connectivity index (χ1) is 15.6. The molecule has 2 heterocycles. The van der Waals surface area contributed by atoms with Gasteiger partial charge in [0.05, 0.1) is 5.69 Å². The molecule has 0 aliphatic heterocycles. The topological polar surface area (TPSA) is 49.6 Å². The van der Waals surface area contributed by atoms with E-state index in [-0.39, 0.29) is 11.8 Å². The minimum Gasteiger partial charge on any atom is -0.338 e. The second-order valence-corrected chi connectivity index (χ2v) is 8.59. The number of unbranched alkanes of at least 4 members (excludes halogenated alkanes) is 1. The Bertz CT molecular complexity index is 1150. The van der Waals surface area contributed by atoms with Gasteiger partial charge in [-0.25, -0.2) is 14.2 Å². The zero-order chi connectivity index (χ0) is 22.3. The average Bonchev–Trinajstić information content (AvgIpc) is 3.39. The van der Waals surface area contributed by atoms with Crippen LogP contribution in [0.25, 0.3) is 16.2 Å². The molecule has 0 bridgehead atoms. The molecule has 0 saturated carbocycles. The van der Waals surface area contributed by atoms with Gasteiger partial charge in [-0.3, -0.25) is 4.40 Å². The number of fused-ring (bicyclic) bond motifs is 1. The van der Waals surface area contributed by atoms with E-state index in [0.717, 1.165) is 40.3 Å². The van der Waals surface area contributed by atoms with Crippen LogP contribution < -0.4 is 5.32 Å². The predicted molar refractivity (Wildman–Crippen MR) is 127 cm³/mol. The van der Waals surface area contributed by atoms with Gasteiger partial charge in [0.1, 0.15) is 5.82 Å². The Kier molecular flexibility index (Phi) is 7.17. The van der Waals surface area contributed by atoms with Gasteiger partial charge in [0.2, 0.25) is 0 Å². The Hall–Kier alpha value is -3.19. The van der Waals surface area contributed by atoms with E-state index in [9.17, 15) is 9.18 Å². The lowest BCUT2D eigenvalue weighted by atomic mass is 10.2. The normalized spacial score (nSPS) is 11.1. The fourth-order valence-corrected chi connectivity index (χ4v) is 4.47. The van der Waals surface area contributed by atoms with Crippen molar-refractivity contribution in [1.29, 1.82) is 0 Å². The lowest BCUT2D eigenvalue weighted by Crippen LogP contribution is -2.41. The maximum atomic E-state index is 13.2. The molecule has 1 N–H and O–H groups in total. The van der Waals surface area contributed by atoms with Crippen molar-refractivity contribution in [3.8, 4) is 11.3 Å². The van der Waals surface area contributed by atoms with Gasteiger partial charge >= 0.3 is 6.03 Å². The van der Waals surface area contributed by atoms with Crippen LogP contribution in [0.5, 0.6) is 0 Å². The number of carbonyl (C=O) groups is 1. The first kappa shape index (κ1) is 22.0. The third-order valence-corrected chi connectivity index (χ3v) is 6.26. The molecule has 4 aromatic rings. The summed E-state index contributed by atoms with van der Waals surface area (Å²) in [6.07, 6.45) is 4.71. The lowest BCUT2D eigenvalue weighted by molar-refractivity contribution is 0.195. The van der Waals surface area contributed by atoms with Crippen LogP contribution in [0.1, 0.15) is 31.0 Å². The first-order valence-electron chi connectivity index (χ1n) is 10.9. The van der Waals surface area contributed by atoms with Crippen molar-refractivity contribution in [2.24, 2.45) is 0 Å². The standard InChI is InChI=1S/C25H27FN4OS/c1-2-3-14-27-24(31)29(16-19-7-5-4-6-8-19)15-13-22-18-32-25-28-23(17-30(22)25)20-9-11-21(26)12-10-20/h4-12,17-18H,2-3,13-16H2,1H3,(H,27,31). The summed E-state index contributed by atoms with van der Waals surface area (Å²) in [4.78, 5) is 20.3. The van der Waals surface area contributed by atoms with E-state index in [1.165, 1.54) is 12.1 Å². The summed E-state index contributed by atoms with van der Waals surface area (Å²) in [5.74, 6) is -0.258. The largest absolute Gasteiger partial charge is 0.338 e. The quantitative estimate of drug-likeness (QED) is 0.330. The van der Waals surface area contributed by atoms with E-state index in [1.54, 1.807) is 23.5 Å². The van der Waals surface area contributed by atoms with Gasteiger partial charge in [0, 0.05) is 48.9 Å². The molecule has 0 spiro atoms. The van der Waals surface area contributed by atoms with E-state index in [1.807, 2.05) is 41.4 Å². The minimum atomic E-state index is -0.258. The van der Waals surface area contributed by atoms with Crippen molar-refractivity contribution in [1.82, 2.24) is 19.6 Å². The third-order valence-electron chi connectivity index (χ3n) is 5.37. The van der Waals surface area contributed by atoms with E-state index in [4.69, 9.17) is 0 Å². The summed E-state index contributed by atoms with van der Waals surface area (Å²) in [6.45, 7) is 3.96. The molecular formula is C25H27FN4OS. The number of urea groups is 1. The number of nitrogens with one attached hydrogen (secondary N) is 1. The van der Waals surface area contributed by atoms with Crippen molar-refractivity contribution in [3.05, 3.63) is 83.2 Å². The van der Waals surface area contributed by atoms with Crippen LogP contribution >= 0.6 is 11.3 Å². The number of hydrogen-bond acceptors (Lipinski definition) is 3. The second kappa shape index (κ2) is 10.4. The van der Waals surface area contributed by atoms with Crippen molar-refractivity contribution in [3.63, 3.8) is 0 Å². The van der Waals surface area contributed by atoms with Crippen LogP contribution in [0.2, 0.25) is 0 Å². The number of thiazole rings is 1. The first-order valence-corrected chi connectivity index (χ1v) is 11.8. The SMILES string of the molecule is CCCCNC(=O)N(CCc1csc2nc(-c3ccc(F)cc3)cn12)Cc1ccccc1. The molecular weight excluding hydrogens is 423 g/mol. The van der Waals surface area contributed by atoms with Crippen LogP contribution in [0.3, 0.4) is 0 Å². The Morgan fingerprint density at radius 3 is 2.69 bits per heavy atom. The van der Waals surface area contributed by atoms with Gasteiger partial charge in [0.15, 0.2) is 4.96 Å². The van der Waals surface area contributed by atoms with E-state index >= 15 is 0 Å². The Labute approximate surface area is 191 Å². The van der Waals surface area contributed by atoms with Gasteiger partial charge in [0.25, 0.3) is 0 Å². The van der Waals surface area contributed by atoms with E-state index in [0.29, 0.717) is 26.1 Å². The molecule has 7 heteroatoms. The number of rotatable bonds is 9. The highest BCUT2D eigenvalue weighted by Gasteiger charge is 2.16. The molecule has 2 aromatic carbocycles. The molecule has 2 amide bonds. The second-order valence-electron chi connectivity index (χ2n) is 7.76.